The lowest BCUT2D eigenvalue weighted by Crippen LogP contribution is -2.42. The lowest BCUT2D eigenvalue weighted by Gasteiger charge is -2.35. The van der Waals surface area contributed by atoms with Gasteiger partial charge in [0.2, 0.25) is 0 Å². The molecule has 130 valence electrons. The summed E-state index contributed by atoms with van der Waals surface area (Å²) in [5.41, 5.74) is -0.231. The molecule has 1 unspecified atom stereocenters. The Balaban J connectivity index is 3.06. The van der Waals surface area contributed by atoms with E-state index in [1.807, 2.05) is 26.8 Å². The van der Waals surface area contributed by atoms with Crippen molar-refractivity contribution in [3.05, 3.63) is 30.3 Å². The first-order valence-electron chi connectivity index (χ1n) is 7.55. The van der Waals surface area contributed by atoms with Crippen molar-refractivity contribution < 1.29 is 18.6 Å². The second kappa shape index (κ2) is 8.18. The van der Waals surface area contributed by atoms with Crippen LogP contribution in [0.2, 0.25) is 0 Å². The van der Waals surface area contributed by atoms with Crippen LogP contribution in [0.3, 0.4) is 0 Å². The van der Waals surface area contributed by atoms with Gasteiger partial charge in [0, 0.05) is 17.8 Å². The van der Waals surface area contributed by atoms with Gasteiger partial charge < -0.3 is 9.26 Å². The predicted octanol–water partition coefficient (Wildman–Crippen LogP) is 4.71. The summed E-state index contributed by atoms with van der Waals surface area (Å²) in [6, 6.07) is 7.89. The lowest BCUT2D eigenvalue weighted by atomic mass is 9.96. The molecule has 0 aliphatic rings. The monoisotopic (exact) mass is 361 g/mol. The van der Waals surface area contributed by atoms with Gasteiger partial charge in [-0.1, -0.05) is 39.0 Å². The quantitative estimate of drug-likeness (QED) is 0.520. The number of hydrogen-bond donors (Lipinski definition) is 0. The molecule has 1 aromatic rings. The van der Waals surface area contributed by atoms with Crippen LogP contribution in [0.5, 0.6) is 5.75 Å². The summed E-state index contributed by atoms with van der Waals surface area (Å²) < 4.78 is 24.9. The van der Waals surface area contributed by atoms with Crippen molar-refractivity contribution in [1.29, 1.82) is 0 Å². The van der Waals surface area contributed by atoms with E-state index in [2.05, 4.69) is 0 Å². The molecule has 0 saturated carbocycles. The average Bonchev–Trinajstić information content (AvgIpc) is 2.44. The molecule has 0 saturated heterocycles. The van der Waals surface area contributed by atoms with Gasteiger partial charge in [0.25, 0.3) is 0 Å². The van der Waals surface area contributed by atoms with Crippen LogP contribution < -0.4 is 4.52 Å². The number of esters is 1. The Kier molecular flexibility index (Phi) is 7.12. The van der Waals surface area contributed by atoms with Gasteiger partial charge in [0.1, 0.15) is 11.8 Å². The maximum absolute atomic E-state index is 13.0. The number of ether oxygens (including phenoxy) is 1. The maximum Gasteiger partial charge on any atom is 0.412 e. The predicted molar refractivity (Wildman–Crippen MR) is 92.8 cm³/mol. The summed E-state index contributed by atoms with van der Waals surface area (Å²) in [5, 5.41) is 0. The minimum atomic E-state index is -3.75. The van der Waals surface area contributed by atoms with E-state index < -0.39 is 18.9 Å². The fraction of sp³-hybridized carbons (Fsp3) is 0.562. The number of halogens is 1. The molecule has 5 nitrogen and oxygen atoms in total. The van der Waals surface area contributed by atoms with Crippen LogP contribution in [0, 0.1) is 5.41 Å². The molecule has 0 N–H and O–H groups in total. The van der Waals surface area contributed by atoms with Gasteiger partial charge in [-0.15, -0.1) is 0 Å². The standard InChI is InChI=1S/C16H25ClNO4P/c1-6-21-15(19)13(2)18(12-16(3,4)5)23(17,20)22-14-10-8-7-9-11-14/h7-11,13H,6,12H2,1-5H3/t13-,23?/m0/s1. The smallest absolute Gasteiger partial charge is 0.412 e. The van der Waals surface area contributed by atoms with Crippen molar-refractivity contribution in [1.82, 2.24) is 4.67 Å². The molecule has 7 heteroatoms. The zero-order chi connectivity index (χ0) is 17.7. The van der Waals surface area contributed by atoms with Crippen molar-refractivity contribution in [3.8, 4) is 5.75 Å². The van der Waals surface area contributed by atoms with Crippen molar-refractivity contribution in [2.45, 2.75) is 40.7 Å². The van der Waals surface area contributed by atoms with Crippen LogP contribution in [0.1, 0.15) is 34.6 Å². The molecule has 0 spiro atoms. The minimum absolute atomic E-state index is 0.231. The molecule has 0 aliphatic heterocycles. The van der Waals surface area contributed by atoms with E-state index in [0.717, 1.165) is 0 Å². The van der Waals surface area contributed by atoms with E-state index in [1.54, 1.807) is 38.1 Å². The lowest BCUT2D eigenvalue weighted by molar-refractivity contribution is -0.147. The molecule has 1 rings (SSSR count). The molecule has 23 heavy (non-hydrogen) atoms. The normalized spacial score (nSPS) is 15.8. The maximum atomic E-state index is 13.0. The van der Waals surface area contributed by atoms with Crippen LogP contribution >= 0.6 is 18.1 Å². The summed E-state index contributed by atoms with van der Waals surface area (Å²) in [5.74, 6) is -0.0879. The van der Waals surface area contributed by atoms with Crippen molar-refractivity contribution in [2.24, 2.45) is 5.41 Å². The van der Waals surface area contributed by atoms with Gasteiger partial charge in [-0.05, 0) is 31.4 Å². The van der Waals surface area contributed by atoms with E-state index in [0.29, 0.717) is 12.3 Å². The van der Waals surface area contributed by atoms with Gasteiger partial charge >= 0.3 is 12.8 Å². The summed E-state index contributed by atoms with van der Waals surface area (Å²) in [7, 11) is 0. The molecular formula is C16H25ClNO4P. The first-order valence-corrected chi connectivity index (χ1v) is 10.0. The van der Waals surface area contributed by atoms with E-state index >= 15 is 0 Å². The van der Waals surface area contributed by atoms with Crippen molar-refractivity contribution >= 4 is 24.1 Å². The van der Waals surface area contributed by atoms with Gasteiger partial charge in [-0.2, -0.15) is 4.67 Å². The number of para-hydroxylation sites is 1. The summed E-state index contributed by atoms with van der Waals surface area (Å²) >= 11 is 6.23. The van der Waals surface area contributed by atoms with Crippen molar-refractivity contribution in [2.75, 3.05) is 13.2 Å². The van der Waals surface area contributed by atoms with Gasteiger partial charge in [-0.25, -0.2) is 4.57 Å². The molecule has 0 amide bonds. The second-order valence-electron chi connectivity index (χ2n) is 6.44. The van der Waals surface area contributed by atoms with E-state index in [9.17, 15) is 9.36 Å². The van der Waals surface area contributed by atoms with Gasteiger partial charge in [0.05, 0.1) is 6.61 Å². The van der Waals surface area contributed by atoms with E-state index in [1.165, 1.54) is 4.67 Å². The van der Waals surface area contributed by atoms with Crippen LogP contribution in [0.25, 0.3) is 0 Å². The summed E-state index contributed by atoms with van der Waals surface area (Å²) in [4.78, 5) is 12.1. The molecule has 0 radical (unpaired) electrons. The van der Waals surface area contributed by atoms with Crippen molar-refractivity contribution in [3.63, 3.8) is 0 Å². The van der Waals surface area contributed by atoms with E-state index in [4.69, 9.17) is 20.5 Å². The Bertz CT molecular complexity index is 559. The highest BCUT2D eigenvalue weighted by Crippen LogP contribution is 2.57. The van der Waals surface area contributed by atoms with Crippen LogP contribution in [-0.4, -0.2) is 29.8 Å². The van der Waals surface area contributed by atoms with Gasteiger partial charge in [-0.3, -0.25) is 4.79 Å². The average molecular weight is 362 g/mol. The first kappa shape index (κ1) is 20.0. The summed E-state index contributed by atoms with van der Waals surface area (Å²) in [6.07, 6.45) is 0. The largest absolute Gasteiger partial charge is 0.465 e. The number of benzene rings is 1. The Hall–Kier alpha value is -1.03. The second-order valence-corrected chi connectivity index (χ2v) is 9.32. The SMILES string of the molecule is CCOC(=O)[C@H](C)N(CC(C)(C)C)P(=O)(Cl)Oc1ccccc1. The third-order valence-corrected chi connectivity index (χ3v) is 5.31. The number of rotatable bonds is 7. The third-order valence-electron chi connectivity index (χ3n) is 2.98. The summed E-state index contributed by atoms with van der Waals surface area (Å²) in [6.45, 7) is 6.07. The number of nitrogens with zero attached hydrogens (tertiary/aromatic N) is 1. The molecule has 0 heterocycles. The molecule has 0 bridgehead atoms. The topological polar surface area (TPSA) is 55.8 Å². The Morgan fingerprint density at radius 3 is 2.35 bits per heavy atom. The van der Waals surface area contributed by atoms with Gasteiger partial charge in [0.15, 0.2) is 0 Å². The number of carbonyl (C=O) groups is 1. The van der Waals surface area contributed by atoms with Crippen LogP contribution in [0.4, 0.5) is 0 Å². The molecule has 0 aliphatic carbocycles. The zero-order valence-electron chi connectivity index (χ0n) is 14.3. The molecule has 0 fully saturated rings. The first-order chi connectivity index (χ1) is 10.6. The zero-order valence-corrected chi connectivity index (χ0v) is 15.9. The number of carbonyl (C=O) groups excluding carboxylic acids is 1. The Morgan fingerprint density at radius 2 is 1.87 bits per heavy atom. The Morgan fingerprint density at radius 1 is 1.30 bits per heavy atom. The highest BCUT2D eigenvalue weighted by Gasteiger charge is 2.40. The fourth-order valence-electron chi connectivity index (χ4n) is 1.96. The number of hydrogen-bond acceptors (Lipinski definition) is 4. The van der Waals surface area contributed by atoms with Crippen LogP contribution in [-0.2, 0) is 14.1 Å². The van der Waals surface area contributed by atoms with Crippen LogP contribution in [0.15, 0.2) is 30.3 Å². The third kappa shape index (κ3) is 6.54. The molecule has 1 aromatic carbocycles. The molecular weight excluding hydrogens is 337 g/mol. The fourth-order valence-corrected chi connectivity index (χ4v) is 4.34. The highest BCUT2D eigenvalue weighted by molar-refractivity contribution is 7.83. The minimum Gasteiger partial charge on any atom is -0.465 e. The molecule has 0 aromatic heterocycles. The highest BCUT2D eigenvalue weighted by atomic mass is 35.7. The van der Waals surface area contributed by atoms with E-state index in [-0.39, 0.29) is 12.0 Å². The molecule has 2 atom stereocenters. The Labute approximate surface area is 143 Å².